The lowest BCUT2D eigenvalue weighted by Gasteiger charge is -2.34. The molecule has 0 aliphatic carbocycles. The second-order valence-corrected chi connectivity index (χ2v) is 9.58. The number of hydrogen-bond donors (Lipinski definition) is 0. The van der Waals surface area contributed by atoms with Gasteiger partial charge in [0.1, 0.15) is 5.75 Å². The first-order chi connectivity index (χ1) is 16.0. The lowest BCUT2D eigenvalue weighted by atomic mass is 10.1. The number of anilines is 1. The fourth-order valence-corrected chi connectivity index (χ4v) is 5.31. The van der Waals surface area contributed by atoms with Crippen LogP contribution in [0.5, 0.6) is 17.2 Å². The molecule has 172 valence electrons. The van der Waals surface area contributed by atoms with Gasteiger partial charge in [0.05, 0.1) is 17.2 Å². The van der Waals surface area contributed by atoms with Crippen LogP contribution in [-0.2, 0) is 10.0 Å². The number of ether oxygens (including phenoxy) is 3. The average molecular weight is 469 g/mol. The van der Waals surface area contributed by atoms with Crippen molar-refractivity contribution >= 4 is 15.8 Å². The van der Waals surface area contributed by atoms with Gasteiger partial charge >= 0.3 is 0 Å². The fourth-order valence-electron chi connectivity index (χ4n) is 3.88. The molecule has 2 aliphatic rings. The van der Waals surface area contributed by atoms with Crippen molar-refractivity contribution in [3.63, 3.8) is 0 Å². The van der Waals surface area contributed by atoms with E-state index in [1.54, 1.807) is 24.3 Å². The van der Waals surface area contributed by atoms with Crippen LogP contribution < -0.4 is 19.1 Å². The number of fused-ring (bicyclic) bond motifs is 1. The normalized spacial score (nSPS) is 16.1. The van der Waals surface area contributed by atoms with Crippen LogP contribution in [0.2, 0.25) is 0 Å². The van der Waals surface area contributed by atoms with Crippen LogP contribution >= 0.6 is 0 Å². The third-order valence-corrected chi connectivity index (χ3v) is 7.57. The average Bonchev–Trinajstić information content (AvgIpc) is 3.33. The van der Waals surface area contributed by atoms with Gasteiger partial charge in [0.15, 0.2) is 17.3 Å². The van der Waals surface area contributed by atoms with Crippen molar-refractivity contribution in [2.24, 2.45) is 0 Å². The molecule has 0 saturated carbocycles. The van der Waals surface area contributed by atoms with Crippen molar-refractivity contribution in [1.82, 2.24) is 14.5 Å². The zero-order valence-corrected chi connectivity index (χ0v) is 19.0. The Morgan fingerprint density at radius 1 is 0.909 bits per heavy atom. The fraction of sp³-hybridized carbons (Fsp3) is 0.304. The van der Waals surface area contributed by atoms with Crippen LogP contribution in [-0.4, -0.2) is 62.5 Å². The highest BCUT2D eigenvalue weighted by atomic mass is 32.2. The number of hydrogen-bond acceptors (Lipinski definition) is 8. The molecule has 2 aliphatic heterocycles. The maximum atomic E-state index is 13.0. The van der Waals surface area contributed by atoms with Gasteiger partial charge < -0.3 is 19.1 Å². The van der Waals surface area contributed by atoms with E-state index in [1.165, 1.54) is 4.31 Å². The SMILES string of the molecule is CCOc1ccc(S(=O)(=O)N2CCN(c3ccc(-c4ccc5c(c4)OCO5)nn3)CC2)cc1. The van der Waals surface area contributed by atoms with Crippen LogP contribution in [0.1, 0.15) is 6.92 Å². The molecule has 33 heavy (non-hydrogen) atoms. The summed E-state index contributed by atoms with van der Waals surface area (Å²) >= 11 is 0. The number of aromatic nitrogens is 2. The Labute approximate surface area is 192 Å². The van der Waals surface area contributed by atoms with Crippen LogP contribution in [0.25, 0.3) is 11.3 Å². The predicted octanol–water partition coefficient (Wildman–Crippen LogP) is 2.78. The minimum atomic E-state index is -3.55. The van der Waals surface area contributed by atoms with E-state index < -0.39 is 10.0 Å². The number of benzene rings is 2. The minimum Gasteiger partial charge on any atom is -0.494 e. The summed E-state index contributed by atoms with van der Waals surface area (Å²) in [6.07, 6.45) is 0. The summed E-state index contributed by atoms with van der Waals surface area (Å²) in [5, 5.41) is 8.72. The number of rotatable bonds is 6. The van der Waals surface area contributed by atoms with Gasteiger partial charge in [-0.15, -0.1) is 10.2 Å². The first-order valence-electron chi connectivity index (χ1n) is 10.8. The zero-order chi connectivity index (χ0) is 22.8. The third-order valence-electron chi connectivity index (χ3n) is 5.65. The van der Waals surface area contributed by atoms with E-state index in [-0.39, 0.29) is 11.7 Å². The molecule has 3 aromatic rings. The molecule has 9 nitrogen and oxygen atoms in total. The van der Waals surface area contributed by atoms with Gasteiger partial charge in [-0.05, 0) is 61.5 Å². The van der Waals surface area contributed by atoms with E-state index in [2.05, 4.69) is 10.2 Å². The van der Waals surface area contributed by atoms with Crippen molar-refractivity contribution in [1.29, 1.82) is 0 Å². The molecule has 0 N–H and O–H groups in total. The molecule has 1 aromatic heterocycles. The van der Waals surface area contributed by atoms with Gasteiger partial charge in [-0.25, -0.2) is 8.42 Å². The highest BCUT2D eigenvalue weighted by Crippen LogP contribution is 2.35. The predicted molar refractivity (Wildman–Crippen MR) is 122 cm³/mol. The molecular weight excluding hydrogens is 444 g/mol. The second-order valence-electron chi connectivity index (χ2n) is 7.64. The highest BCUT2D eigenvalue weighted by molar-refractivity contribution is 7.89. The molecule has 10 heteroatoms. The van der Waals surface area contributed by atoms with Crippen molar-refractivity contribution in [2.45, 2.75) is 11.8 Å². The Kier molecular flexibility index (Phi) is 5.77. The maximum absolute atomic E-state index is 13.0. The molecule has 0 spiro atoms. The summed E-state index contributed by atoms with van der Waals surface area (Å²) in [5.41, 5.74) is 1.62. The lowest BCUT2D eigenvalue weighted by molar-refractivity contribution is 0.174. The molecule has 0 bridgehead atoms. The highest BCUT2D eigenvalue weighted by Gasteiger charge is 2.29. The molecular formula is C23H24N4O5S. The third kappa shape index (κ3) is 4.31. The number of sulfonamides is 1. The van der Waals surface area contributed by atoms with Crippen molar-refractivity contribution in [3.8, 4) is 28.5 Å². The first-order valence-corrected chi connectivity index (χ1v) is 12.2. The molecule has 1 fully saturated rings. The van der Waals surface area contributed by atoms with Crippen LogP contribution in [0, 0.1) is 0 Å². The minimum absolute atomic E-state index is 0.226. The van der Waals surface area contributed by atoms with Crippen LogP contribution in [0.3, 0.4) is 0 Å². The smallest absolute Gasteiger partial charge is 0.243 e. The van der Waals surface area contributed by atoms with E-state index in [0.29, 0.717) is 44.3 Å². The van der Waals surface area contributed by atoms with Gasteiger partial charge in [0.2, 0.25) is 16.8 Å². The molecule has 3 heterocycles. The first kappa shape index (κ1) is 21.5. The molecule has 2 aromatic carbocycles. The summed E-state index contributed by atoms with van der Waals surface area (Å²) in [5.74, 6) is 2.80. The summed E-state index contributed by atoms with van der Waals surface area (Å²) in [7, 11) is -3.55. The molecule has 5 rings (SSSR count). The standard InChI is InChI=1S/C23H24N4O5S/c1-2-30-18-4-6-19(7-5-18)33(28,29)27-13-11-26(12-14-27)23-10-8-20(24-25-23)17-3-9-21-22(15-17)32-16-31-21/h3-10,15H,2,11-14,16H2,1H3. The monoisotopic (exact) mass is 468 g/mol. The van der Waals surface area contributed by atoms with Gasteiger partial charge in [-0.1, -0.05) is 0 Å². The summed E-state index contributed by atoms with van der Waals surface area (Å²) in [6, 6.07) is 16.0. The largest absolute Gasteiger partial charge is 0.494 e. The van der Waals surface area contributed by atoms with Crippen LogP contribution in [0.4, 0.5) is 5.82 Å². The molecule has 0 radical (unpaired) electrons. The van der Waals surface area contributed by atoms with Gasteiger partial charge in [-0.2, -0.15) is 4.31 Å². The quantitative estimate of drug-likeness (QED) is 0.545. The van der Waals surface area contributed by atoms with E-state index in [1.807, 2.05) is 42.2 Å². The van der Waals surface area contributed by atoms with E-state index in [9.17, 15) is 8.42 Å². The van der Waals surface area contributed by atoms with Gasteiger partial charge in [-0.3, -0.25) is 0 Å². The molecule has 0 unspecified atom stereocenters. The number of nitrogens with zero attached hydrogens (tertiary/aromatic N) is 4. The topological polar surface area (TPSA) is 94.1 Å². The molecule has 0 atom stereocenters. The van der Waals surface area contributed by atoms with Crippen molar-refractivity contribution in [2.75, 3.05) is 44.5 Å². The van der Waals surface area contributed by atoms with Crippen molar-refractivity contribution < 1.29 is 22.6 Å². The number of piperazine rings is 1. The molecule has 1 saturated heterocycles. The van der Waals surface area contributed by atoms with E-state index in [4.69, 9.17) is 14.2 Å². The second kappa shape index (κ2) is 8.87. The Bertz CT molecular complexity index is 1220. The Morgan fingerprint density at radius 2 is 1.67 bits per heavy atom. The van der Waals surface area contributed by atoms with E-state index >= 15 is 0 Å². The van der Waals surface area contributed by atoms with Crippen molar-refractivity contribution in [3.05, 3.63) is 54.6 Å². The summed E-state index contributed by atoms with van der Waals surface area (Å²) in [4.78, 5) is 2.31. The summed E-state index contributed by atoms with van der Waals surface area (Å²) in [6.45, 7) is 4.47. The maximum Gasteiger partial charge on any atom is 0.243 e. The Balaban J connectivity index is 1.23. The van der Waals surface area contributed by atoms with Gasteiger partial charge in [0.25, 0.3) is 0 Å². The van der Waals surface area contributed by atoms with E-state index in [0.717, 1.165) is 22.8 Å². The summed E-state index contributed by atoms with van der Waals surface area (Å²) < 4.78 is 43.7. The Hall–Kier alpha value is -3.37. The molecule has 0 amide bonds. The van der Waals surface area contributed by atoms with Gasteiger partial charge in [0, 0.05) is 31.7 Å². The van der Waals surface area contributed by atoms with Crippen LogP contribution in [0.15, 0.2) is 59.5 Å². The zero-order valence-electron chi connectivity index (χ0n) is 18.2. The lowest BCUT2D eigenvalue weighted by Crippen LogP contribution is -2.48. The Morgan fingerprint density at radius 3 is 2.36 bits per heavy atom.